The number of pyridine rings is 1. The minimum absolute atomic E-state index is 0.0565. The standard InChI is InChI=1S/C20H18BrN3O4S/c1-14-5-10-18(17(21)12-14)28-13-20(25)23-15-6-8-16(9-7-15)29(26,27)24-19-4-2-3-11-22-19/h2-12H,13H2,1H3,(H,22,24)(H,23,25). The predicted octanol–water partition coefficient (Wildman–Crippen LogP) is 3.97. The maximum Gasteiger partial charge on any atom is 0.263 e. The highest BCUT2D eigenvalue weighted by molar-refractivity contribution is 9.10. The Bertz CT molecular complexity index is 1100. The zero-order valence-corrected chi connectivity index (χ0v) is 17.8. The van der Waals surface area contributed by atoms with Crippen LogP contribution in [0.15, 0.2) is 76.2 Å². The summed E-state index contributed by atoms with van der Waals surface area (Å²) in [6.45, 7) is 1.78. The zero-order valence-electron chi connectivity index (χ0n) is 15.4. The van der Waals surface area contributed by atoms with Gasteiger partial charge in [-0.25, -0.2) is 13.4 Å². The molecule has 0 saturated carbocycles. The molecule has 1 amide bonds. The smallest absolute Gasteiger partial charge is 0.263 e. The molecule has 0 unspecified atom stereocenters. The number of halogens is 1. The number of amides is 1. The van der Waals surface area contributed by atoms with E-state index in [0.717, 1.165) is 10.0 Å². The second-order valence-corrected chi connectivity index (χ2v) is 8.65. The van der Waals surface area contributed by atoms with E-state index < -0.39 is 10.0 Å². The number of carbonyl (C=O) groups excluding carboxylic acids is 1. The first-order valence-electron chi connectivity index (χ1n) is 8.56. The van der Waals surface area contributed by atoms with Crippen LogP contribution in [0.3, 0.4) is 0 Å². The summed E-state index contributed by atoms with van der Waals surface area (Å²) in [5.41, 5.74) is 1.53. The van der Waals surface area contributed by atoms with Gasteiger partial charge in [-0.05, 0) is 76.9 Å². The Hall–Kier alpha value is -2.91. The van der Waals surface area contributed by atoms with Crippen LogP contribution in [0, 0.1) is 6.92 Å². The molecule has 0 spiro atoms. The first-order valence-corrected chi connectivity index (χ1v) is 10.8. The molecule has 2 aromatic carbocycles. The van der Waals surface area contributed by atoms with Crippen LogP contribution < -0.4 is 14.8 Å². The van der Waals surface area contributed by atoms with E-state index in [1.54, 1.807) is 24.3 Å². The highest BCUT2D eigenvalue weighted by Gasteiger charge is 2.15. The highest BCUT2D eigenvalue weighted by atomic mass is 79.9. The van der Waals surface area contributed by atoms with E-state index in [1.807, 2.05) is 19.1 Å². The first kappa shape index (κ1) is 20.8. The van der Waals surface area contributed by atoms with E-state index in [-0.39, 0.29) is 23.2 Å². The summed E-state index contributed by atoms with van der Waals surface area (Å²) in [6, 6.07) is 16.3. The molecule has 0 aliphatic carbocycles. The van der Waals surface area contributed by atoms with Gasteiger partial charge in [-0.3, -0.25) is 9.52 Å². The number of hydrogen-bond donors (Lipinski definition) is 2. The number of nitrogens with one attached hydrogen (secondary N) is 2. The molecule has 2 N–H and O–H groups in total. The summed E-state index contributed by atoms with van der Waals surface area (Å²) < 4.78 is 33.4. The molecule has 0 radical (unpaired) electrons. The van der Waals surface area contributed by atoms with Crippen molar-refractivity contribution in [3.8, 4) is 5.75 Å². The van der Waals surface area contributed by atoms with Crippen molar-refractivity contribution in [2.75, 3.05) is 16.6 Å². The van der Waals surface area contributed by atoms with E-state index in [1.165, 1.54) is 30.5 Å². The lowest BCUT2D eigenvalue weighted by molar-refractivity contribution is -0.118. The molecule has 0 saturated heterocycles. The third kappa shape index (κ3) is 5.78. The van der Waals surface area contributed by atoms with E-state index in [9.17, 15) is 13.2 Å². The van der Waals surface area contributed by atoms with Crippen molar-refractivity contribution in [1.29, 1.82) is 0 Å². The average Bonchev–Trinajstić information content (AvgIpc) is 2.68. The maximum atomic E-state index is 12.4. The number of sulfonamides is 1. The molecule has 150 valence electrons. The fourth-order valence-electron chi connectivity index (χ4n) is 2.40. The van der Waals surface area contributed by atoms with Crippen LogP contribution in [-0.4, -0.2) is 25.9 Å². The third-order valence-corrected chi connectivity index (χ3v) is 5.79. The van der Waals surface area contributed by atoms with Gasteiger partial charge in [0.25, 0.3) is 15.9 Å². The normalized spacial score (nSPS) is 11.0. The van der Waals surface area contributed by atoms with Gasteiger partial charge < -0.3 is 10.1 Å². The van der Waals surface area contributed by atoms with Crippen molar-refractivity contribution in [2.45, 2.75) is 11.8 Å². The van der Waals surface area contributed by atoms with Gasteiger partial charge in [0.2, 0.25) is 0 Å². The second kappa shape index (κ2) is 9.06. The minimum Gasteiger partial charge on any atom is -0.483 e. The van der Waals surface area contributed by atoms with Crippen molar-refractivity contribution >= 4 is 43.4 Å². The van der Waals surface area contributed by atoms with Gasteiger partial charge >= 0.3 is 0 Å². The fraction of sp³-hybridized carbons (Fsp3) is 0.100. The summed E-state index contributed by atoms with van der Waals surface area (Å²) >= 11 is 3.39. The first-order chi connectivity index (χ1) is 13.8. The largest absolute Gasteiger partial charge is 0.483 e. The minimum atomic E-state index is -3.77. The number of aromatic nitrogens is 1. The monoisotopic (exact) mass is 475 g/mol. The van der Waals surface area contributed by atoms with Crippen molar-refractivity contribution < 1.29 is 17.9 Å². The number of rotatable bonds is 7. The topological polar surface area (TPSA) is 97.4 Å². The van der Waals surface area contributed by atoms with Crippen molar-refractivity contribution in [3.05, 3.63) is 76.9 Å². The lowest BCUT2D eigenvalue weighted by Gasteiger charge is -2.10. The molecule has 29 heavy (non-hydrogen) atoms. The highest BCUT2D eigenvalue weighted by Crippen LogP contribution is 2.25. The maximum absolute atomic E-state index is 12.4. The van der Waals surface area contributed by atoms with Crippen LogP contribution >= 0.6 is 15.9 Å². The molecule has 0 atom stereocenters. The van der Waals surface area contributed by atoms with E-state index in [0.29, 0.717) is 11.4 Å². The van der Waals surface area contributed by atoms with Gasteiger partial charge in [0, 0.05) is 11.9 Å². The number of carbonyl (C=O) groups is 1. The molecule has 7 nitrogen and oxygen atoms in total. The van der Waals surface area contributed by atoms with Gasteiger partial charge in [-0.1, -0.05) is 12.1 Å². The molecule has 1 aromatic heterocycles. The lowest BCUT2D eigenvalue weighted by atomic mass is 10.2. The van der Waals surface area contributed by atoms with Crippen molar-refractivity contribution in [1.82, 2.24) is 4.98 Å². The van der Waals surface area contributed by atoms with Crippen LogP contribution in [-0.2, 0) is 14.8 Å². The van der Waals surface area contributed by atoms with Crippen molar-refractivity contribution in [2.24, 2.45) is 0 Å². The molecule has 0 aliphatic heterocycles. The third-order valence-electron chi connectivity index (χ3n) is 3.80. The fourth-order valence-corrected chi connectivity index (χ4v) is 4.02. The van der Waals surface area contributed by atoms with E-state index in [4.69, 9.17) is 4.74 Å². The number of nitrogens with zero attached hydrogens (tertiary/aromatic N) is 1. The SMILES string of the molecule is Cc1ccc(OCC(=O)Nc2ccc(S(=O)(=O)Nc3ccccn3)cc2)c(Br)c1. The van der Waals surface area contributed by atoms with E-state index >= 15 is 0 Å². The van der Waals surface area contributed by atoms with Gasteiger partial charge in [0.15, 0.2) is 6.61 Å². The molecule has 9 heteroatoms. The van der Waals surface area contributed by atoms with Crippen LogP contribution in [0.2, 0.25) is 0 Å². The van der Waals surface area contributed by atoms with Gasteiger partial charge in [0.1, 0.15) is 11.6 Å². The van der Waals surface area contributed by atoms with Crippen LogP contribution in [0.5, 0.6) is 5.75 Å². The number of hydrogen-bond acceptors (Lipinski definition) is 5. The number of ether oxygens (including phenoxy) is 1. The Kier molecular flexibility index (Phi) is 6.50. The van der Waals surface area contributed by atoms with E-state index in [2.05, 4.69) is 31.0 Å². The molecule has 0 aliphatic rings. The summed E-state index contributed by atoms with van der Waals surface area (Å²) in [5.74, 6) is 0.428. The molecule has 3 rings (SSSR count). The summed E-state index contributed by atoms with van der Waals surface area (Å²) in [6.07, 6.45) is 1.49. The molecular formula is C20H18BrN3O4S. The predicted molar refractivity (Wildman–Crippen MR) is 114 cm³/mol. The number of benzene rings is 2. The van der Waals surface area contributed by atoms with Crippen LogP contribution in [0.1, 0.15) is 5.56 Å². The van der Waals surface area contributed by atoms with Gasteiger partial charge in [0.05, 0.1) is 9.37 Å². The zero-order chi connectivity index (χ0) is 20.9. The Morgan fingerprint density at radius 2 is 1.86 bits per heavy atom. The molecule has 0 bridgehead atoms. The second-order valence-electron chi connectivity index (χ2n) is 6.12. The Morgan fingerprint density at radius 1 is 1.10 bits per heavy atom. The number of anilines is 2. The number of aryl methyl sites for hydroxylation is 1. The van der Waals surface area contributed by atoms with Gasteiger partial charge in [-0.2, -0.15) is 0 Å². The summed E-state index contributed by atoms with van der Waals surface area (Å²) in [4.78, 5) is 16.1. The summed E-state index contributed by atoms with van der Waals surface area (Å²) in [7, 11) is -3.77. The molecular weight excluding hydrogens is 458 g/mol. The Labute approximate surface area is 177 Å². The molecule has 0 fully saturated rings. The van der Waals surface area contributed by atoms with Crippen LogP contribution in [0.4, 0.5) is 11.5 Å². The summed E-state index contributed by atoms with van der Waals surface area (Å²) in [5, 5.41) is 2.66. The van der Waals surface area contributed by atoms with Gasteiger partial charge in [-0.15, -0.1) is 0 Å². The Morgan fingerprint density at radius 3 is 2.52 bits per heavy atom. The lowest BCUT2D eigenvalue weighted by Crippen LogP contribution is -2.20. The van der Waals surface area contributed by atoms with Crippen molar-refractivity contribution in [3.63, 3.8) is 0 Å². The molecule has 3 aromatic rings. The quantitative estimate of drug-likeness (QED) is 0.538. The Balaban J connectivity index is 1.59. The average molecular weight is 476 g/mol. The van der Waals surface area contributed by atoms with Crippen LogP contribution in [0.25, 0.3) is 0 Å². The molecule has 1 heterocycles.